The van der Waals surface area contributed by atoms with E-state index in [4.69, 9.17) is 9.47 Å². The Hall–Kier alpha value is -3.42. The maximum atomic E-state index is 12.0. The zero-order chi connectivity index (χ0) is 18.2. The molecule has 0 unspecified atom stereocenters. The predicted octanol–water partition coefficient (Wildman–Crippen LogP) is 2.52. The number of benzene rings is 2. The fraction of sp³-hybridized carbons (Fsp3) is 0.176. The molecular weight excluding hydrogens is 326 g/mol. The maximum Gasteiger partial charge on any atom is 0.280 e. The summed E-state index contributed by atoms with van der Waals surface area (Å²) in [5.41, 5.74) is 3.04. The minimum atomic E-state index is -0.823. The first-order chi connectivity index (χ1) is 12.0. The van der Waals surface area contributed by atoms with E-state index in [0.717, 1.165) is 0 Å². The lowest BCUT2D eigenvalue weighted by atomic mass is 10.2. The fourth-order valence-corrected chi connectivity index (χ4v) is 1.93. The van der Waals surface area contributed by atoms with Crippen LogP contribution in [0.3, 0.4) is 0 Å². The molecule has 0 bridgehead atoms. The number of carbonyl (C=O) groups is 1. The van der Waals surface area contributed by atoms with Crippen LogP contribution in [0.4, 0.5) is 5.69 Å². The van der Waals surface area contributed by atoms with E-state index >= 15 is 0 Å². The second-order valence-electron chi connectivity index (χ2n) is 4.99. The van der Waals surface area contributed by atoms with Gasteiger partial charge in [0.1, 0.15) is 11.5 Å². The Morgan fingerprint density at radius 1 is 1.24 bits per heavy atom. The molecule has 2 aromatic rings. The standard InChI is InChI=1S/C17H17N3O5/c1-12(25-15-9-7-14(8-10-15)20(22)23)17(21)19-18-11-13-5-3-4-6-16(13)24-2/h3-12H,1-2H3,(H,19,21)/b18-11-/t12-/m0/s1. The largest absolute Gasteiger partial charge is 0.496 e. The van der Waals surface area contributed by atoms with Crippen molar-refractivity contribution >= 4 is 17.8 Å². The molecule has 25 heavy (non-hydrogen) atoms. The Kier molecular flexibility index (Phi) is 6.05. The molecule has 8 heteroatoms. The summed E-state index contributed by atoms with van der Waals surface area (Å²) in [6, 6.07) is 12.7. The smallest absolute Gasteiger partial charge is 0.280 e. The number of carbonyl (C=O) groups excluding carboxylic acids is 1. The average Bonchev–Trinajstić information content (AvgIpc) is 2.62. The van der Waals surface area contributed by atoms with E-state index in [-0.39, 0.29) is 5.69 Å². The third kappa shape index (κ3) is 5.03. The number of hydrogen-bond donors (Lipinski definition) is 1. The molecule has 0 radical (unpaired) electrons. The van der Waals surface area contributed by atoms with Crippen molar-refractivity contribution in [3.63, 3.8) is 0 Å². The minimum absolute atomic E-state index is 0.0501. The zero-order valence-electron chi connectivity index (χ0n) is 13.7. The summed E-state index contributed by atoms with van der Waals surface area (Å²) in [7, 11) is 1.55. The SMILES string of the molecule is COc1ccccc1/C=N\NC(=O)[C@H](C)Oc1ccc([N+](=O)[O-])cc1. The van der Waals surface area contributed by atoms with Gasteiger partial charge in [-0.05, 0) is 31.2 Å². The lowest BCUT2D eigenvalue weighted by Gasteiger charge is -2.12. The number of para-hydroxylation sites is 1. The van der Waals surface area contributed by atoms with Crippen LogP contribution >= 0.6 is 0 Å². The zero-order valence-corrected chi connectivity index (χ0v) is 13.7. The molecule has 2 rings (SSSR count). The topological polar surface area (TPSA) is 103 Å². The molecule has 1 N–H and O–H groups in total. The van der Waals surface area contributed by atoms with Gasteiger partial charge in [0.2, 0.25) is 0 Å². The van der Waals surface area contributed by atoms with Gasteiger partial charge in [-0.25, -0.2) is 5.43 Å². The van der Waals surface area contributed by atoms with Crippen LogP contribution in [-0.2, 0) is 4.79 Å². The number of nitrogens with zero attached hydrogens (tertiary/aromatic N) is 2. The van der Waals surface area contributed by atoms with Crippen LogP contribution in [0.5, 0.6) is 11.5 Å². The Bertz CT molecular complexity index is 774. The van der Waals surface area contributed by atoms with E-state index in [1.54, 1.807) is 26.2 Å². The van der Waals surface area contributed by atoms with Crippen LogP contribution < -0.4 is 14.9 Å². The summed E-state index contributed by atoms with van der Waals surface area (Å²) in [6.45, 7) is 1.55. The fourth-order valence-electron chi connectivity index (χ4n) is 1.93. The molecule has 0 fully saturated rings. The number of amides is 1. The van der Waals surface area contributed by atoms with Gasteiger partial charge in [0.15, 0.2) is 6.10 Å². The highest BCUT2D eigenvalue weighted by Crippen LogP contribution is 2.18. The third-order valence-electron chi connectivity index (χ3n) is 3.25. The van der Waals surface area contributed by atoms with E-state index < -0.39 is 16.9 Å². The molecular formula is C17H17N3O5. The number of hydrazone groups is 1. The summed E-state index contributed by atoms with van der Waals surface area (Å²) in [6.07, 6.45) is 0.645. The molecule has 1 atom stereocenters. The number of nitrogens with one attached hydrogen (secondary N) is 1. The molecule has 0 aliphatic rings. The number of methoxy groups -OCH3 is 1. The number of rotatable bonds is 7. The van der Waals surface area contributed by atoms with Gasteiger partial charge in [0.05, 0.1) is 18.2 Å². The van der Waals surface area contributed by atoms with Crippen LogP contribution in [0.25, 0.3) is 0 Å². The molecule has 0 aromatic heterocycles. The molecule has 0 saturated heterocycles. The maximum absolute atomic E-state index is 12.0. The van der Waals surface area contributed by atoms with Crippen molar-refractivity contribution in [2.45, 2.75) is 13.0 Å². The van der Waals surface area contributed by atoms with Crippen molar-refractivity contribution in [2.75, 3.05) is 7.11 Å². The van der Waals surface area contributed by atoms with Gasteiger partial charge in [-0.1, -0.05) is 12.1 Å². The summed E-state index contributed by atoms with van der Waals surface area (Å²) < 4.78 is 10.6. The molecule has 1 amide bonds. The second kappa shape index (κ2) is 8.44. The molecule has 0 heterocycles. The normalized spacial score (nSPS) is 11.8. The van der Waals surface area contributed by atoms with E-state index in [0.29, 0.717) is 17.1 Å². The first kappa shape index (κ1) is 17.9. The Morgan fingerprint density at radius 2 is 1.92 bits per heavy atom. The van der Waals surface area contributed by atoms with Gasteiger partial charge >= 0.3 is 0 Å². The number of hydrogen-bond acceptors (Lipinski definition) is 6. The Balaban J connectivity index is 1.91. The van der Waals surface area contributed by atoms with E-state index in [1.807, 2.05) is 12.1 Å². The van der Waals surface area contributed by atoms with Crippen molar-refractivity contribution in [3.8, 4) is 11.5 Å². The highest BCUT2D eigenvalue weighted by molar-refractivity contribution is 5.86. The van der Waals surface area contributed by atoms with Gasteiger partial charge in [0.25, 0.3) is 11.6 Å². The molecule has 0 saturated carbocycles. The van der Waals surface area contributed by atoms with Crippen LogP contribution in [0.2, 0.25) is 0 Å². The second-order valence-corrected chi connectivity index (χ2v) is 4.99. The van der Waals surface area contributed by atoms with Crippen molar-refractivity contribution in [2.24, 2.45) is 5.10 Å². The average molecular weight is 343 g/mol. The quantitative estimate of drug-likeness (QED) is 0.473. The number of non-ortho nitro benzene ring substituents is 1. The molecule has 0 spiro atoms. The van der Waals surface area contributed by atoms with Crippen molar-refractivity contribution in [1.82, 2.24) is 5.43 Å². The molecule has 130 valence electrons. The molecule has 0 aliphatic heterocycles. The number of ether oxygens (including phenoxy) is 2. The monoisotopic (exact) mass is 343 g/mol. The third-order valence-corrected chi connectivity index (χ3v) is 3.25. The summed E-state index contributed by atoms with van der Waals surface area (Å²) in [5, 5.41) is 14.5. The molecule has 8 nitrogen and oxygen atoms in total. The van der Waals surface area contributed by atoms with Crippen molar-refractivity contribution < 1.29 is 19.2 Å². The van der Waals surface area contributed by atoms with Gasteiger partial charge in [-0.3, -0.25) is 14.9 Å². The predicted molar refractivity (Wildman–Crippen MR) is 91.9 cm³/mol. The Labute approximate surface area is 144 Å². The van der Waals surface area contributed by atoms with E-state index in [9.17, 15) is 14.9 Å². The Morgan fingerprint density at radius 3 is 2.56 bits per heavy atom. The van der Waals surface area contributed by atoms with Gasteiger partial charge in [0, 0.05) is 17.7 Å². The summed E-state index contributed by atoms with van der Waals surface area (Å²) >= 11 is 0. The highest BCUT2D eigenvalue weighted by Gasteiger charge is 2.14. The first-order valence-electron chi connectivity index (χ1n) is 7.38. The summed E-state index contributed by atoms with van der Waals surface area (Å²) in [5.74, 6) is 0.530. The first-order valence-corrected chi connectivity index (χ1v) is 7.38. The van der Waals surface area contributed by atoms with Crippen LogP contribution in [0, 0.1) is 10.1 Å². The minimum Gasteiger partial charge on any atom is -0.496 e. The lowest BCUT2D eigenvalue weighted by molar-refractivity contribution is -0.384. The van der Waals surface area contributed by atoms with Crippen LogP contribution in [0.15, 0.2) is 53.6 Å². The number of nitro groups is 1. The van der Waals surface area contributed by atoms with Gasteiger partial charge < -0.3 is 9.47 Å². The van der Waals surface area contributed by atoms with Crippen molar-refractivity contribution in [3.05, 3.63) is 64.2 Å². The highest BCUT2D eigenvalue weighted by atomic mass is 16.6. The molecule has 0 aliphatic carbocycles. The summed E-state index contributed by atoms with van der Waals surface area (Å²) in [4.78, 5) is 22.1. The lowest BCUT2D eigenvalue weighted by Crippen LogP contribution is -2.33. The van der Waals surface area contributed by atoms with Crippen LogP contribution in [0.1, 0.15) is 12.5 Å². The van der Waals surface area contributed by atoms with Gasteiger partial charge in [-0.2, -0.15) is 5.10 Å². The van der Waals surface area contributed by atoms with Crippen LogP contribution in [-0.4, -0.2) is 30.3 Å². The van der Waals surface area contributed by atoms with Gasteiger partial charge in [-0.15, -0.1) is 0 Å². The van der Waals surface area contributed by atoms with E-state index in [1.165, 1.54) is 30.5 Å². The van der Waals surface area contributed by atoms with Crippen molar-refractivity contribution in [1.29, 1.82) is 0 Å². The molecule has 2 aromatic carbocycles. The number of nitro benzene ring substituents is 1. The van der Waals surface area contributed by atoms with E-state index in [2.05, 4.69) is 10.5 Å².